The van der Waals surface area contributed by atoms with E-state index in [4.69, 9.17) is 18.0 Å². The maximum absolute atomic E-state index is 12.8. The highest BCUT2D eigenvalue weighted by Crippen LogP contribution is 2.47. The predicted molar refractivity (Wildman–Crippen MR) is 128 cm³/mol. The molecular formula is C22H23N3O2S3. The quantitative estimate of drug-likeness (QED) is 0.533. The van der Waals surface area contributed by atoms with Crippen molar-refractivity contribution in [2.75, 3.05) is 18.0 Å². The number of carbonyl (C=O) groups excluding carboxylic acids is 2. The fraction of sp³-hybridized carbons (Fsp3) is 0.318. The summed E-state index contributed by atoms with van der Waals surface area (Å²) in [6.07, 6.45) is 5.22. The monoisotopic (exact) mass is 457 g/mol. The first-order valence-electron chi connectivity index (χ1n) is 9.95. The lowest BCUT2D eigenvalue weighted by molar-refractivity contribution is -0.123. The molecule has 30 heavy (non-hydrogen) atoms. The molecule has 1 unspecified atom stereocenters. The molecule has 5 nitrogen and oxygen atoms in total. The number of hydrogen-bond acceptors (Lipinski definition) is 6. The van der Waals surface area contributed by atoms with Gasteiger partial charge >= 0.3 is 0 Å². The molecular weight excluding hydrogens is 434 g/mol. The summed E-state index contributed by atoms with van der Waals surface area (Å²) in [5, 5.41) is 1.12. The molecule has 2 heterocycles. The Morgan fingerprint density at radius 3 is 2.60 bits per heavy atom. The average Bonchev–Trinajstić information content (AvgIpc) is 3.23. The highest BCUT2D eigenvalue weighted by Gasteiger charge is 2.35. The molecule has 0 spiro atoms. The summed E-state index contributed by atoms with van der Waals surface area (Å²) in [4.78, 5) is 30.6. The van der Waals surface area contributed by atoms with Crippen molar-refractivity contribution in [3.05, 3.63) is 57.5 Å². The summed E-state index contributed by atoms with van der Waals surface area (Å²) in [5.41, 5.74) is 8.75. The molecule has 1 saturated heterocycles. The van der Waals surface area contributed by atoms with Gasteiger partial charge in [0.05, 0.1) is 15.6 Å². The van der Waals surface area contributed by atoms with Crippen LogP contribution in [0.15, 0.2) is 62.4 Å². The number of nitrogens with two attached hydrogens (primary N) is 1. The number of amides is 2. The number of thioether (sulfide) groups is 2. The van der Waals surface area contributed by atoms with Crippen LogP contribution >= 0.6 is 35.7 Å². The van der Waals surface area contributed by atoms with Crippen LogP contribution in [-0.2, 0) is 9.59 Å². The molecule has 1 aromatic rings. The molecule has 156 valence electrons. The van der Waals surface area contributed by atoms with E-state index in [1.54, 1.807) is 16.7 Å². The van der Waals surface area contributed by atoms with Gasteiger partial charge in [-0.05, 0) is 56.0 Å². The van der Waals surface area contributed by atoms with Gasteiger partial charge in [-0.1, -0.05) is 54.0 Å². The fourth-order valence-electron chi connectivity index (χ4n) is 3.94. The molecule has 8 heteroatoms. The van der Waals surface area contributed by atoms with Gasteiger partial charge in [0.25, 0.3) is 5.91 Å². The van der Waals surface area contributed by atoms with Crippen molar-refractivity contribution in [2.24, 2.45) is 11.7 Å². The molecule has 1 atom stereocenters. The SMILES string of the molecule is CCN1C(=O)C(=C2C=C(C=C3Sc4ccccc4N3CC)CC(C(N)=O)C2)SC1=S. The molecule has 0 aromatic heterocycles. The number of nitrogens with zero attached hydrogens (tertiary/aromatic N) is 2. The van der Waals surface area contributed by atoms with Crippen LogP contribution in [0.25, 0.3) is 0 Å². The second-order valence-corrected chi connectivity index (χ2v) is 10.0. The van der Waals surface area contributed by atoms with Gasteiger partial charge in [-0.25, -0.2) is 0 Å². The van der Waals surface area contributed by atoms with Crippen LogP contribution < -0.4 is 10.6 Å². The van der Waals surface area contributed by atoms with E-state index in [-0.39, 0.29) is 17.7 Å². The minimum atomic E-state index is -0.336. The first kappa shape index (κ1) is 21.2. The maximum Gasteiger partial charge on any atom is 0.266 e. The number of benzene rings is 1. The number of anilines is 1. The minimum absolute atomic E-state index is 0.0753. The van der Waals surface area contributed by atoms with Crippen molar-refractivity contribution >= 4 is 57.6 Å². The molecule has 2 aliphatic heterocycles. The van der Waals surface area contributed by atoms with Crippen LogP contribution in [0.4, 0.5) is 5.69 Å². The number of carbonyl (C=O) groups is 2. The Morgan fingerprint density at radius 1 is 1.20 bits per heavy atom. The van der Waals surface area contributed by atoms with Gasteiger partial charge < -0.3 is 10.6 Å². The molecule has 1 fully saturated rings. The second kappa shape index (κ2) is 8.61. The number of thiocarbonyl (C=S) groups is 1. The van der Waals surface area contributed by atoms with E-state index in [0.717, 1.165) is 22.7 Å². The summed E-state index contributed by atoms with van der Waals surface area (Å²) in [5.74, 6) is -0.739. The zero-order chi connectivity index (χ0) is 21.4. The number of para-hydroxylation sites is 1. The van der Waals surface area contributed by atoms with Gasteiger partial charge in [-0.15, -0.1) is 0 Å². The molecule has 2 amide bonds. The second-order valence-electron chi connectivity index (χ2n) is 7.30. The molecule has 1 aliphatic carbocycles. The Labute approximate surface area is 190 Å². The Kier molecular flexibility index (Phi) is 6.09. The normalized spacial score (nSPS) is 25.2. The minimum Gasteiger partial charge on any atom is -0.369 e. The van der Waals surface area contributed by atoms with Crippen LogP contribution in [0.2, 0.25) is 0 Å². The smallest absolute Gasteiger partial charge is 0.266 e. The first-order valence-corrected chi connectivity index (χ1v) is 12.0. The highest BCUT2D eigenvalue weighted by molar-refractivity contribution is 8.26. The third-order valence-electron chi connectivity index (χ3n) is 5.43. The topological polar surface area (TPSA) is 66.6 Å². The molecule has 4 rings (SSSR count). The summed E-state index contributed by atoms with van der Waals surface area (Å²) in [6.45, 7) is 5.43. The lowest BCUT2D eigenvalue weighted by Crippen LogP contribution is -2.29. The zero-order valence-corrected chi connectivity index (χ0v) is 19.3. The van der Waals surface area contributed by atoms with Crippen LogP contribution in [0.1, 0.15) is 26.7 Å². The Balaban J connectivity index is 1.73. The molecule has 3 aliphatic rings. The van der Waals surface area contributed by atoms with Gasteiger partial charge in [0.2, 0.25) is 5.91 Å². The van der Waals surface area contributed by atoms with Crippen LogP contribution in [-0.4, -0.2) is 34.1 Å². The first-order chi connectivity index (χ1) is 14.4. The van der Waals surface area contributed by atoms with Crippen molar-refractivity contribution in [3.8, 4) is 0 Å². The van der Waals surface area contributed by atoms with E-state index in [9.17, 15) is 9.59 Å². The van der Waals surface area contributed by atoms with Gasteiger partial charge in [0.1, 0.15) is 4.32 Å². The van der Waals surface area contributed by atoms with Gasteiger partial charge in [-0.3, -0.25) is 14.5 Å². The van der Waals surface area contributed by atoms with E-state index >= 15 is 0 Å². The third-order valence-corrected chi connectivity index (χ3v) is 8.05. The summed E-state index contributed by atoms with van der Waals surface area (Å²) >= 11 is 8.40. The number of rotatable bonds is 4. The van der Waals surface area contributed by atoms with Crippen molar-refractivity contribution < 1.29 is 9.59 Å². The van der Waals surface area contributed by atoms with E-state index in [0.29, 0.717) is 28.6 Å². The number of fused-ring (bicyclic) bond motifs is 1. The largest absolute Gasteiger partial charge is 0.369 e. The van der Waals surface area contributed by atoms with Crippen LogP contribution in [0, 0.1) is 5.92 Å². The number of allylic oxidation sites excluding steroid dienone is 4. The van der Waals surface area contributed by atoms with Crippen LogP contribution in [0.5, 0.6) is 0 Å². The summed E-state index contributed by atoms with van der Waals surface area (Å²) in [7, 11) is 0. The van der Waals surface area contributed by atoms with E-state index in [1.165, 1.54) is 22.3 Å². The van der Waals surface area contributed by atoms with E-state index in [2.05, 4.69) is 30.0 Å². The number of primary amides is 1. The van der Waals surface area contributed by atoms with Crippen molar-refractivity contribution in [1.82, 2.24) is 4.90 Å². The van der Waals surface area contributed by atoms with Gasteiger partial charge in [-0.2, -0.15) is 0 Å². The standard InChI is InChI=1S/C22H23N3O2S3/c1-3-24-16-7-5-6-8-17(16)29-18(24)11-13-9-14(12-15(10-13)20(23)26)19-21(27)25(4-2)22(28)30-19/h5-9,11,15H,3-4,10,12H2,1-2H3,(H2,23,26). The van der Waals surface area contributed by atoms with Crippen molar-refractivity contribution in [2.45, 2.75) is 31.6 Å². The Bertz CT molecular complexity index is 1030. The maximum atomic E-state index is 12.8. The Hall–Kier alpha value is -2.03. The van der Waals surface area contributed by atoms with E-state index < -0.39 is 0 Å². The average molecular weight is 458 g/mol. The molecule has 1 aromatic carbocycles. The summed E-state index contributed by atoms with van der Waals surface area (Å²) in [6, 6.07) is 8.32. The lowest BCUT2D eigenvalue weighted by Gasteiger charge is -2.23. The predicted octanol–water partition coefficient (Wildman–Crippen LogP) is 4.42. The molecule has 0 bridgehead atoms. The third kappa shape index (κ3) is 3.84. The van der Waals surface area contributed by atoms with Crippen LogP contribution in [0.3, 0.4) is 0 Å². The molecule has 0 saturated carbocycles. The highest BCUT2D eigenvalue weighted by atomic mass is 32.2. The van der Waals surface area contributed by atoms with Gasteiger partial charge in [0.15, 0.2) is 0 Å². The van der Waals surface area contributed by atoms with Crippen molar-refractivity contribution in [1.29, 1.82) is 0 Å². The Morgan fingerprint density at radius 2 is 1.93 bits per heavy atom. The molecule has 0 radical (unpaired) electrons. The molecule has 2 N–H and O–H groups in total. The number of hydrogen-bond donors (Lipinski definition) is 1. The van der Waals surface area contributed by atoms with E-state index in [1.807, 2.05) is 25.1 Å². The number of likely N-dealkylation sites (N-methyl/N-ethyl adjacent to an activating group) is 1. The fourth-order valence-corrected chi connectivity index (χ4v) is 6.57. The van der Waals surface area contributed by atoms with Crippen molar-refractivity contribution in [3.63, 3.8) is 0 Å². The lowest BCUT2D eigenvalue weighted by atomic mass is 9.85. The van der Waals surface area contributed by atoms with Gasteiger partial charge in [0, 0.05) is 23.9 Å². The summed E-state index contributed by atoms with van der Waals surface area (Å²) < 4.78 is 0.568. The zero-order valence-electron chi connectivity index (χ0n) is 16.9.